The average Bonchev–Trinajstić information content (AvgIpc) is 3.08. The SMILES string of the molecule is CN1CCC(C(=O)NCC2(CN)CC2)CC1. The van der Waals surface area contributed by atoms with Gasteiger partial charge in [-0.05, 0) is 57.8 Å². The fraction of sp³-hybridized carbons (Fsp3) is 0.917. The van der Waals surface area contributed by atoms with Crippen molar-refractivity contribution in [2.24, 2.45) is 17.1 Å². The van der Waals surface area contributed by atoms with E-state index in [1.54, 1.807) is 0 Å². The van der Waals surface area contributed by atoms with Crippen molar-refractivity contribution in [3.63, 3.8) is 0 Å². The molecule has 1 saturated carbocycles. The Balaban J connectivity index is 1.71. The summed E-state index contributed by atoms with van der Waals surface area (Å²) in [5.41, 5.74) is 5.94. The number of hydrogen-bond donors (Lipinski definition) is 2. The summed E-state index contributed by atoms with van der Waals surface area (Å²) in [5, 5.41) is 3.08. The number of carbonyl (C=O) groups excluding carboxylic acids is 1. The highest BCUT2D eigenvalue weighted by molar-refractivity contribution is 5.78. The van der Waals surface area contributed by atoms with E-state index in [-0.39, 0.29) is 17.2 Å². The molecule has 0 atom stereocenters. The number of piperidine rings is 1. The Kier molecular flexibility index (Phi) is 3.50. The van der Waals surface area contributed by atoms with Gasteiger partial charge in [0, 0.05) is 12.5 Å². The van der Waals surface area contributed by atoms with E-state index in [0.29, 0.717) is 6.54 Å². The van der Waals surface area contributed by atoms with Gasteiger partial charge in [-0.1, -0.05) is 0 Å². The van der Waals surface area contributed by atoms with Crippen LogP contribution in [0.2, 0.25) is 0 Å². The molecule has 2 aliphatic rings. The summed E-state index contributed by atoms with van der Waals surface area (Å²) in [5.74, 6) is 0.470. The maximum atomic E-state index is 11.9. The summed E-state index contributed by atoms with van der Waals surface area (Å²) in [6, 6.07) is 0. The van der Waals surface area contributed by atoms with E-state index in [4.69, 9.17) is 5.73 Å². The van der Waals surface area contributed by atoms with Crippen LogP contribution in [0.15, 0.2) is 0 Å². The molecule has 2 rings (SSSR count). The van der Waals surface area contributed by atoms with Crippen LogP contribution in [-0.2, 0) is 4.79 Å². The largest absolute Gasteiger partial charge is 0.355 e. The molecule has 1 aliphatic heterocycles. The Morgan fingerprint density at radius 2 is 2.06 bits per heavy atom. The molecular formula is C12H23N3O. The summed E-state index contributed by atoms with van der Waals surface area (Å²) >= 11 is 0. The van der Waals surface area contributed by atoms with Crippen LogP contribution < -0.4 is 11.1 Å². The highest BCUT2D eigenvalue weighted by Crippen LogP contribution is 2.43. The first-order chi connectivity index (χ1) is 7.65. The van der Waals surface area contributed by atoms with Gasteiger partial charge in [0.05, 0.1) is 0 Å². The zero-order valence-corrected chi connectivity index (χ0v) is 10.2. The molecule has 0 aromatic carbocycles. The fourth-order valence-electron chi connectivity index (χ4n) is 2.32. The molecule has 3 N–H and O–H groups in total. The van der Waals surface area contributed by atoms with Crippen molar-refractivity contribution in [1.82, 2.24) is 10.2 Å². The zero-order valence-electron chi connectivity index (χ0n) is 10.2. The van der Waals surface area contributed by atoms with Gasteiger partial charge >= 0.3 is 0 Å². The predicted molar refractivity (Wildman–Crippen MR) is 64.0 cm³/mol. The van der Waals surface area contributed by atoms with Crippen LogP contribution >= 0.6 is 0 Å². The summed E-state index contributed by atoms with van der Waals surface area (Å²) in [4.78, 5) is 14.2. The lowest BCUT2D eigenvalue weighted by atomic mass is 9.96. The third kappa shape index (κ3) is 2.74. The van der Waals surface area contributed by atoms with Gasteiger partial charge in [-0.3, -0.25) is 4.79 Å². The van der Waals surface area contributed by atoms with Crippen LogP contribution in [-0.4, -0.2) is 44.0 Å². The van der Waals surface area contributed by atoms with E-state index >= 15 is 0 Å². The second-order valence-corrected chi connectivity index (χ2v) is 5.50. The minimum Gasteiger partial charge on any atom is -0.355 e. The summed E-state index contributed by atoms with van der Waals surface area (Å²) < 4.78 is 0. The molecule has 1 heterocycles. The van der Waals surface area contributed by atoms with Gasteiger partial charge < -0.3 is 16.0 Å². The minimum atomic E-state index is 0.227. The molecule has 4 heteroatoms. The van der Waals surface area contributed by atoms with Crippen molar-refractivity contribution in [2.45, 2.75) is 25.7 Å². The van der Waals surface area contributed by atoms with E-state index in [2.05, 4.69) is 17.3 Å². The van der Waals surface area contributed by atoms with Gasteiger partial charge in [0.25, 0.3) is 0 Å². The molecule has 0 radical (unpaired) electrons. The highest BCUT2D eigenvalue weighted by Gasteiger charge is 2.41. The number of nitrogens with zero attached hydrogens (tertiary/aromatic N) is 1. The Morgan fingerprint density at radius 1 is 1.44 bits per heavy atom. The molecule has 0 aromatic heterocycles. The molecule has 1 aliphatic carbocycles. The number of nitrogens with two attached hydrogens (primary N) is 1. The number of carbonyl (C=O) groups is 1. The van der Waals surface area contributed by atoms with E-state index in [1.807, 2.05) is 0 Å². The van der Waals surface area contributed by atoms with E-state index in [0.717, 1.165) is 32.5 Å². The molecule has 16 heavy (non-hydrogen) atoms. The first-order valence-electron chi connectivity index (χ1n) is 6.31. The molecule has 0 bridgehead atoms. The smallest absolute Gasteiger partial charge is 0.223 e. The second kappa shape index (κ2) is 4.72. The highest BCUT2D eigenvalue weighted by atomic mass is 16.1. The molecule has 92 valence electrons. The van der Waals surface area contributed by atoms with Crippen LogP contribution in [0.1, 0.15) is 25.7 Å². The van der Waals surface area contributed by atoms with E-state index in [9.17, 15) is 4.79 Å². The van der Waals surface area contributed by atoms with Gasteiger partial charge in [-0.25, -0.2) is 0 Å². The topological polar surface area (TPSA) is 58.4 Å². The molecule has 1 saturated heterocycles. The predicted octanol–water partition coefficient (Wildman–Crippen LogP) is 0.183. The van der Waals surface area contributed by atoms with Crippen molar-refractivity contribution >= 4 is 5.91 Å². The van der Waals surface area contributed by atoms with Crippen molar-refractivity contribution in [1.29, 1.82) is 0 Å². The van der Waals surface area contributed by atoms with E-state index in [1.165, 1.54) is 12.8 Å². The van der Waals surface area contributed by atoms with Gasteiger partial charge in [-0.2, -0.15) is 0 Å². The van der Waals surface area contributed by atoms with Crippen molar-refractivity contribution < 1.29 is 4.79 Å². The summed E-state index contributed by atoms with van der Waals surface area (Å²) in [6.07, 6.45) is 4.35. The van der Waals surface area contributed by atoms with E-state index < -0.39 is 0 Å². The molecule has 4 nitrogen and oxygen atoms in total. The summed E-state index contributed by atoms with van der Waals surface area (Å²) in [6.45, 7) is 3.58. The van der Waals surface area contributed by atoms with Gasteiger partial charge in [0.15, 0.2) is 0 Å². The minimum absolute atomic E-state index is 0.227. The van der Waals surface area contributed by atoms with Gasteiger partial charge in [0.2, 0.25) is 5.91 Å². The molecule has 0 unspecified atom stereocenters. The zero-order chi connectivity index (χ0) is 11.6. The lowest BCUT2D eigenvalue weighted by Crippen LogP contribution is -2.41. The number of nitrogens with one attached hydrogen (secondary N) is 1. The number of hydrogen-bond acceptors (Lipinski definition) is 3. The molecule has 0 spiro atoms. The second-order valence-electron chi connectivity index (χ2n) is 5.50. The molecule has 0 aromatic rings. The lowest BCUT2D eigenvalue weighted by Gasteiger charge is -2.28. The standard InChI is InChI=1S/C12H23N3O/c1-15-6-2-10(3-7-15)11(16)14-9-12(8-13)4-5-12/h10H,2-9,13H2,1H3,(H,14,16). The Morgan fingerprint density at radius 3 is 2.56 bits per heavy atom. The summed E-state index contributed by atoms with van der Waals surface area (Å²) in [7, 11) is 2.11. The third-order valence-electron chi connectivity index (χ3n) is 4.12. The Labute approximate surface area is 97.6 Å². The number of amides is 1. The maximum absolute atomic E-state index is 11.9. The van der Waals surface area contributed by atoms with Crippen LogP contribution in [0.3, 0.4) is 0 Å². The van der Waals surface area contributed by atoms with Crippen molar-refractivity contribution in [3.05, 3.63) is 0 Å². The van der Waals surface area contributed by atoms with Crippen LogP contribution in [0.25, 0.3) is 0 Å². The monoisotopic (exact) mass is 225 g/mol. The Bertz CT molecular complexity index is 255. The van der Waals surface area contributed by atoms with Gasteiger partial charge in [0.1, 0.15) is 0 Å². The maximum Gasteiger partial charge on any atom is 0.223 e. The third-order valence-corrected chi connectivity index (χ3v) is 4.12. The first-order valence-corrected chi connectivity index (χ1v) is 6.31. The quantitative estimate of drug-likeness (QED) is 0.718. The van der Waals surface area contributed by atoms with Crippen LogP contribution in [0.4, 0.5) is 0 Å². The number of likely N-dealkylation sites (tertiary alicyclic amines) is 1. The Hall–Kier alpha value is -0.610. The van der Waals surface area contributed by atoms with Gasteiger partial charge in [-0.15, -0.1) is 0 Å². The average molecular weight is 225 g/mol. The molecule has 2 fully saturated rings. The van der Waals surface area contributed by atoms with Crippen LogP contribution in [0, 0.1) is 11.3 Å². The van der Waals surface area contributed by atoms with Crippen molar-refractivity contribution in [2.75, 3.05) is 33.2 Å². The molecule has 1 amide bonds. The van der Waals surface area contributed by atoms with Crippen LogP contribution in [0.5, 0.6) is 0 Å². The lowest BCUT2D eigenvalue weighted by molar-refractivity contribution is -0.126. The number of rotatable bonds is 4. The van der Waals surface area contributed by atoms with Crippen molar-refractivity contribution in [3.8, 4) is 0 Å². The first kappa shape index (κ1) is 11.9. The fourth-order valence-corrected chi connectivity index (χ4v) is 2.32. The molecular weight excluding hydrogens is 202 g/mol. The normalized spacial score (nSPS) is 25.4.